The van der Waals surface area contributed by atoms with E-state index in [1.165, 1.54) is 0 Å². The molecule has 0 aliphatic carbocycles. The number of phenolic OH excluding ortho intramolecular Hbond substituents is 1. The average Bonchev–Trinajstić information content (AvgIpc) is 2.62. The lowest BCUT2D eigenvalue weighted by atomic mass is 10.1. The van der Waals surface area contributed by atoms with Crippen molar-refractivity contribution >= 4 is 17.5 Å². The van der Waals surface area contributed by atoms with Crippen molar-refractivity contribution in [2.24, 2.45) is 0 Å². The molecule has 1 heterocycles. The van der Waals surface area contributed by atoms with Crippen molar-refractivity contribution in [1.29, 1.82) is 0 Å². The Balaban J connectivity index is 1.55. The molecule has 1 fully saturated rings. The molecule has 0 spiro atoms. The molecular formula is C20H22N2O3. The van der Waals surface area contributed by atoms with Gasteiger partial charge in [-0.3, -0.25) is 9.59 Å². The lowest BCUT2D eigenvalue weighted by molar-refractivity contribution is -0.136. The molecule has 1 N–H and O–H groups in total. The second-order valence-corrected chi connectivity index (χ2v) is 6.36. The molecule has 3 rings (SSSR count). The number of hydrogen-bond donors (Lipinski definition) is 1. The number of carbonyl (C=O) groups excluding carboxylic acids is 2. The lowest BCUT2D eigenvalue weighted by Crippen LogP contribution is -2.52. The van der Waals surface area contributed by atoms with Gasteiger partial charge in [-0.1, -0.05) is 29.8 Å². The Labute approximate surface area is 147 Å². The Morgan fingerprint density at radius 2 is 1.72 bits per heavy atom. The maximum atomic E-state index is 12.4. The van der Waals surface area contributed by atoms with Crippen molar-refractivity contribution in [3.8, 4) is 5.75 Å². The molecular weight excluding hydrogens is 316 g/mol. The molecule has 0 aromatic heterocycles. The van der Waals surface area contributed by atoms with Crippen molar-refractivity contribution in [3.05, 3.63) is 59.7 Å². The predicted octanol–water partition coefficient (Wildman–Crippen LogP) is 2.51. The summed E-state index contributed by atoms with van der Waals surface area (Å²) in [7, 11) is 0. The third kappa shape index (κ3) is 4.18. The third-order valence-corrected chi connectivity index (χ3v) is 4.48. The summed E-state index contributed by atoms with van der Waals surface area (Å²) >= 11 is 0. The average molecular weight is 338 g/mol. The molecule has 2 amide bonds. The number of hydrogen-bond acceptors (Lipinski definition) is 3. The number of piperazine rings is 1. The van der Waals surface area contributed by atoms with Crippen molar-refractivity contribution in [2.75, 3.05) is 24.5 Å². The van der Waals surface area contributed by atoms with Crippen molar-refractivity contribution in [1.82, 2.24) is 4.90 Å². The van der Waals surface area contributed by atoms with Gasteiger partial charge in [0, 0.05) is 25.2 Å². The van der Waals surface area contributed by atoms with Gasteiger partial charge >= 0.3 is 0 Å². The van der Waals surface area contributed by atoms with Crippen LogP contribution in [0.1, 0.15) is 17.5 Å². The van der Waals surface area contributed by atoms with Crippen molar-refractivity contribution < 1.29 is 14.7 Å². The van der Waals surface area contributed by atoms with E-state index in [9.17, 15) is 14.7 Å². The van der Waals surface area contributed by atoms with E-state index in [4.69, 9.17) is 0 Å². The number of aryl methyl sites for hydroxylation is 2. The van der Waals surface area contributed by atoms with E-state index in [2.05, 4.69) is 0 Å². The molecule has 130 valence electrons. The Kier molecular flexibility index (Phi) is 5.03. The van der Waals surface area contributed by atoms with Crippen LogP contribution in [-0.2, 0) is 16.0 Å². The van der Waals surface area contributed by atoms with Crippen LogP contribution in [-0.4, -0.2) is 41.5 Å². The fraction of sp³-hybridized carbons (Fsp3) is 0.300. The molecule has 0 bridgehead atoms. The zero-order valence-corrected chi connectivity index (χ0v) is 14.3. The molecule has 1 aliphatic rings. The summed E-state index contributed by atoms with van der Waals surface area (Å²) in [6, 6.07) is 14.7. The highest BCUT2D eigenvalue weighted by molar-refractivity contribution is 5.97. The van der Waals surface area contributed by atoms with Crippen LogP contribution in [0.3, 0.4) is 0 Å². The fourth-order valence-corrected chi connectivity index (χ4v) is 2.96. The van der Waals surface area contributed by atoms with E-state index < -0.39 is 0 Å². The molecule has 25 heavy (non-hydrogen) atoms. The largest absolute Gasteiger partial charge is 0.508 e. The van der Waals surface area contributed by atoms with Crippen LogP contribution < -0.4 is 4.90 Å². The molecule has 0 unspecified atom stereocenters. The molecule has 1 aliphatic heterocycles. The van der Waals surface area contributed by atoms with E-state index in [1.807, 2.05) is 43.3 Å². The van der Waals surface area contributed by atoms with Crippen molar-refractivity contribution in [3.63, 3.8) is 0 Å². The molecule has 0 atom stereocenters. The standard InChI is InChI=1S/C20H22N2O3/c1-15-2-7-17(8-3-15)22-13-12-21(14-20(22)25)19(24)11-6-16-4-9-18(23)10-5-16/h2-5,7-10,23H,6,11-14H2,1H3. The smallest absolute Gasteiger partial charge is 0.246 e. The highest BCUT2D eigenvalue weighted by Gasteiger charge is 2.27. The lowest BCUT2D eigenvalue weighted by Gasteiger charge is -2.34. The summed E-state index contributed by atoms with van der Waals surface area (Å²) in [6.07, 6.45) is 0.966. The second kappa shape index (κ2) is 7.38. The van der Waals surface area contributed by atoms with E-state index in [0.717, 1.165) is 16.8 Å². The van der Waals surface area contributed by atoms with Crippen LogP contribution in [0.25, 0.3) is 0 Å². The van der Waals surface area contributed by atoms with Crippen molar-refractivity contribution in [2.45, 2.75) is 19.8 Å². The highest BCUT2D eigenvalue weighted by Crippen LogP contribution is 2.19. The summed E-state index contributed by atoms with van der Waals surface area (Å²) in [5, 5.41) is 9.28. The minimum atomic E-state index is -0.0481. The Morgan fingerprint density at radius 3 is 2.36 bits per heavy atom. The fourth-order valence-electron chi connectivity index (χ4n) is 2.96. The molecule has 1 saturated heterocycles. The number of nitrogens with zero attached hydrogens (tertiary/aromatic N) is 2. The topological polar surface area (TPSA) is 60.9 Å². The Morgan fingerprint density at radius 1 is 1.04 bits per heavy atom. The van der Waals surface area contributed by atoms with Crippen LogP contribution in [0.4, 0.5) is 5.69 Å². The normalized spacial score (nSPS) is 14.7. The van der Waals surface area contributed by atoms with Gasteiger partial charge in [-0.05, 0) is 43.2 Å². The molecule has 5 heteroatoms. The first-order chi connectivity index (χ1) is 12.0. The van der Waals surface area contributed by atoms with Crippen LogP contribution in [0.2, 0.25) is 0 Å². The number of rotatable bonds is 4. The first kappa shape index (κ1) is 17.0. The zero-order chi connectivity index (χ0) is 17.8. The number of anilines is 1. The minimum absolute atomic E-state index is 0.00928. The van der Waals surface area contributed by atoms with Gasteiger partial charge in [-0.15, -0.1) is 0 Å². The van der Waals surface area contributed by atoms with Gasteiger partial charge in [0.25, 0.3) is 0 Å². The summed E-state index contributed by atoms with van der Waals surface area (Å²) in [4.78, 5) is 28.2. The number of aromatic hydroxyl groups is 1. The van der Waals surface area contributed by atoms with Crippen LogP contribution in [0.15, 0.2) is 48.5 Å². The maximum Gasteiger partial charge on any atom is 0.246 e. The predicted molar refractivity (Wildman–Crippen MR) is 96.5 cm³/mol. The van der Waals surface area contributed by atoms with E-state index in [1.54, 1.807) is 21.9 Å². The number of carbonyl (C=O) groups is 2. The van der Waals surface area contributed by atoms with Gasteiger partial charge in [-0.2, -0.15) is 0 Å². The summed E-state index contributed by atoms with van der Waals surface area (Å²) in [5.41, 5.74) is 3.03. The van der Waals surface area contributed by atoms with Gasteiger partial charge in [0.1, 0.15) is 12.3 Å². The van der Waals surface area contributed by atoms with Gasteiger partial charge in [-0.25, -0.2) is 0 Å². The SMILES string of the molecule is Cc1ccc(N2CCN(C(=O)CCc3ccc(O)cc3)CC2=O)cc1. The van der Waals surface area contributed by atoms with Crippen LogP contribution in [0, 0.1) is 6.92 Å². The van der Waals surface area contributed by atoms with Crippen LogP contribution >= 0.6 is 0 Å². The van der Waals surface area contributed by atoms with Gasteiger partial charge in [0.2, 0.25) is 11.8 Å². The van der Waals surface area contributed by atoms with Gasteiger partial charge in [0.15, 0.2) is 0 Å². The Hall–Kier alpha value is -2.82. The molecule has 0 radical (unpaired) electrons. The zero-order valence-electron chi connectivity index (χ0n) is 14.3. The maximum absolute atomic E-state index is 12.4. The summed E-state index contributed by atoms with van der Waals surface area (Å²) in [5.74, 6) is 0.158. The Bertz CT molecular complexity index is 754. The molecule has 2 aromatic rings. The van der Waals surface area contributed by atoms with Crippen LogP contribution in [0.5, 0.6) is 5.75 Å². The van der Waals surface area contributed by atoms with E-state index in [0.29, 0.717) is 25.9 Å². The highest BCUT2D eigenvalue weighted by atomic mass is 16.3. The van der Waals surface area contributed by atoms with Gasteiger partial charge < -0.3 is 14.9 Å². The number of phenols is 1. The first-order valence-electron chi connectivity index (χ1n) is 8.45. The second-order valence-electron chi connectivity index (χ2n) is 6.36. The number of benzene rings is 2. The quantitative estimate of drug-likeness (QED) is 0.932. The molecule has 5 nitrogen and oxygen atoms in total. The first-order valence-corrected chi connectivity index (χ1v) is 8.45. The van der Waals surface area contributed by atoms with E-state index >= 15 is 0 Å². The molecule has 0 saturated carbocycles. The molecule has 2 aromatic carbocycles. The summed E-state index contributed by atoms with van der Waals surface area (Å²) in [6.45, 7) is 3.21. The summed E-state index contributed by atoms with van der Waals surface area (Å²) < 4.78 is 0. The number of amides is 2. The van der Waals surface area contributed by atoms with Gasteiger partial charge in [0.05, 0.1) is 0 Å². The minimum Gasteiger partial charge on any atom is -0.508 e. The third-order valence-electron chi connectivity index (χ3n) is 4.48. The van der Waals surface area contributed by atoms with E-state index in [-0.39, 0.29) is 24.1 Å². The monoisotopic (exact) mass is 338 g/mol.